The first kappa shape index (κ1) is 13.9. The van der Waals surface area contributed by atoms with Crippen LogP contribution in [0.1, 0.15) is 11.1 Å². The van der Waals surface area contributed by atoms with Crippen molar-refractivity contribution in [1.82, 2.24) is 15.2 Å². The van der Waals surface area contributed by atoms with Crippen molar-refractivity contribution >= 4 is 21.7 Å². The number of nitro benzene ring substituents is 1. The summed E-state index contributed by atoms with van der Waals surface area (Å²) in [7, 11) is -4.12. The van der Waals surface area contributed by atoms with Gasteiger partial charge >= 0.3 is 0 Å². The molecule has 0 saturated heterocycles. The SMILES string of the molecule is Cc1cc([N+](=O)[O-])c(S(=O)(=O)Nc2ncn[nH]2)cc1C. The van der Waals surface area contributed by atoms with Gasteiger partial charge in [0.25, 0.3) is 15.7 Å². The van der Waals surface area contributed by atoms with E-state index in [1.807, 2.05) is 0 Å². The third-order valence-electron chi connectivity index (χ3n) is 2.71. The topological polar surface area (TPSA) is 131 Å². The summed E-state index contributed by atoms with van der Waals surface area (Å²) in [6.45, 7) is 3.34. The van der Waals surface area contributed by atoms with Gasteiger partial charge in [0, 0.05) is 6.07 Å². The average Bonchev–Trinajstić information content (AvgIpc) is 2.83. The Morgan fingerprint density at radius 1 is 1.30 bits per heavy atom. The van der Waals surface area contributed by atoms with Crippen LogP contribution in [0.2, 0.25) is 0 Å². The fraction of sp³-hybridized carbons (Fsp3) is 0.200. The van der Waals surface area contributed by atoms with Crippen molar-refractivity contribution < 1.29 is 13.3 Å². The van der Waals surface area contributed by atoms with Crippen molar-refractivity contribution in [3.8, 4) is 0 Å². The van der Waals surface area contributed by atoms with E-state index in [1.165, 1.54) is 12.1 Å². The molecular weight excluding hydrogens is 286 g/mol. The molecule has 0 unspecified atom stereocenters. The Hall–Kier alpha value is -2.49. The van der Waals surface area contributed by atoms with Crippen LogP contribution in [0, 0.1) is 24.0 Å². The van der Waals surface area contributed by atoms with E-state index in [-0.39, 0.29) is 5.95 Å². The number of hydrogen-bond donors (Lipinski definition) is 2. The summed E-state index contributed by atoms with van der Waals surface area (Å²) in [5, 5.41) is 16.8. The van der Waals surface area contributed by atoms with Crippen LogP contribution in [0.15, 0.2) is 23.4 Å². The van der Waals surface area contributed by atoms with Gasteiger partial charge in [-0.3, -0.25) is 10.1 Å². The molecule has 0 aliphatic heterocycles. The summed E-state index contributed by atoms with van der Waals surface area (Å²) in [5.41, 5.74) is 0.781. The molecule has 10 heteroatoms. The Morgan fingerprint density at radius 3 is 2.50 bits per heavy atom. The first-order valence-electron chi connectivity index (χ1n) is 5.45. The number of hydrogen-bond acceptors (Lipinski definition) is 6. The maximum Gasteiger partial charge on any atom is 0.290 e. The largest absolute Gasteiger partial charge is 0.290 e. The van der Waals surface area contributed by atoms with E-state index >= 15 is 0 Å². The molecule has 1 aromatic heterocycles. The average molecular weight is 297 g/mol. The number of benzene rings is 1. The lowest BCUT2D eigenvalue weighted by Crippen LogP contribution is -2.16. The van der Waals surface area contributed by atoms with Crippen LogP contribution in [0.4, 0.5) is 11.6 Å². The quantitative estimate of drug-likeness (QED) is 0.642. The standard InChI is InChI=1S/C10H11N5O4S/c1-6-3-8(15(16)17)9(4-7(6)2)20(18,19)14-10-11-5-12-13-10/h3-5H,1-2H3,(H2,11,12,13,14). The summed E-state index contributed by atoms with van der Waals surface area (Å²) < 4.78 is 26.5. The third-order valence-corrected chi connectivity index (χ3v) is 4.08. The number of sulfonamides is 1. The molecule has 20 heavy (non-hydrogen) atoms. The van der Waals surface area contributed by atoms with Gasteiger partial charge in [0.05, 0.1) is 4.92 Å². The van der Waals surface area contributed by atoms with Crippen LogP contribution in [-0.2, 0) is 10.0 Å². The summed E-state index contributed by atoms with van der Waals surface area (Å²) in [6, 6.07) is 2.48. The highest BCUT2D eigenvalue weighted by Gasteiger charge is 2.27. The zero-order valence-electron chi connectivity index (χ0n) is 10.6. The molecular formula is C10H11N5O4S. The lowest BCUT2D eigenvalue weighted by molar-refractivity contribution is -0.387. The van der Waals surface area contributed by atoms with Crippen LogP contribution in [0.25, 0.3) is 0 Å². The van der Waals surface area contributed by atoms with E-state index in [4.69, 9.17) is 0 Å². The minimum absolute atomic E-state index is 0.113. The van der Waals surface area contributed by atoms with E-state index in [9.17, 15) is 18.5 Å². The molecule has 9 nitrogen and oxygen atoms in total. The number of nitrogens with one attached hydrogen (secondary N) is 2. The number of H-pyrrole nitrogens is 1. The van der Waals surface area contributed by atoms with Gasteiger partial charge in [-0.2, -0.15) is 10.1 Å². The number of aromatic nitrogens is 3. The Balaban J connectivity index is 2.56. The van der Waals surface area contributed by atoms with Crippen molar-refractivity contribution in [3.63, 3.8) is 0 Å². The molecule has 0 radical (unpaired) electrons. The van der Waals surface area contributed by atoms with Gasteiger partial charge in [-0.15, -0.1) is 0 Å². The predicted octanol–water partition coefficient (Wildman–Crippen LogP) is 1.13. The van der Waals surface area contributed by atoms with Gasteiger partial charge < -0.3 is 0 Å². The van der Waals surface area contributed by atoms with Crippen LogP contribution in [0.3, 0.4) is 0 Å². The summed E-state index contributed by atoms with van der Waals surface area (Å²) in [5.74, 6) is -0.113. The molecule has 2 aromatic rings. The third kappa shape index (κ3) is 2.59. The van der Waals surface area contributed by atoms with E-state index in [2.05, 4.69) is 19.9 Å². The van der Waals surface area contributed by atoms with Gasteiger partial charge in [-0.1, -0.05) is 0 Å². The Kier molecular flexibility index (Phi) is 3.40. The second-order valence-corrected chi connectivity index (χ2v) is 5.75. The highest BCUT2D eigenvalue weighted by atomic mass is 32.2. The molecule has 2 rings (SSSR count). The molecule has 0 spiro atoms. The molecule has 0 saturated carbocycles. The maximum atomic E-state index is 12.2. The molecule has 2 N–H and O–H groups in total. The Bertz CT molecular complexity index is 754. The molecule has 1 aromatic carbocycles. The first-order valence-corrected chi connectivity index (χ1v) is 6.93. The molecule has 0 aliphatic carbocycles. The zero-order chi connectivity index (χ0) is 14.9. The highest BCUT2D eigenvalue weighted by Crippen LogP contribution is 2.28. The van der Waals surface area contributed by atoms with Gasteiger partial charge in [0.2, 0.25) is 5.95 Å². The molecule has 0 aliphatic rings. The molecule has 0 amide bonds. The number of nitrogens with zero attached hydrogens (tertiary/aromatic N) is 3. The number of anilines is 1. The smallest absolute Gasteiger partial charge is 0.258 e. The van der Waals surface area contributed by atoms with E-state index in [1.54, 1.807) is 13.8 Å². The van der Waals surface area contributed by atoms with Crippen molar-refractivity contribution in [3.05, 3.63) is 39.7 Å². The fourth-order valence-electron chi connectivity index (χ4n) is 1.57. The summed E-state index contributed by atoms with van der Waals surface area (Å²) in [4.78, 5) is 13.5. The second-order valence-electron chi connectivity index (χ2n) is 4.10. The zero-order valence-corrected chi connectivity index (χ0v) is 11.4. The number of aryl methyl sites for hydroxylation is 2. The predicted molar refractivity (Wildman–Crippen MR) is 69.8 cm³/mol. The highest BCUT2D eigenvalue weighted by molar-refractivity contribution is 7.92. The first-order chi connectivity index (χ1) is 9.31. The van der Waals surface area contributed by atoms with Gasteiger partial charge in [0.15, 0.2) is 4.90 Å². The maximum absolute atomic E-state index is 12.2. The van der Waals surface area contributed by atoms with Crippen LogP contribution < -0.4 is 4.72 Å². The van der Waals surface area contributed by atoms with E-state index in [0.717, 1.165) is 6.33 Å². The van der Waals surface area contributed by atoms with Crippen LogP contribution in [-0.4, -0.2) is 28.5 Å². The van der Waals surface area contributed by atoms with E-state index < -0.39 is 25.5 Å². The number of rotatable bonds is 4. The minimum Gasteiger partial charge on any atom is -0.258 e. The number of nitro groups is 1. The molecule has 106 valence electrons. The van der Waals surface area contributed by atoms with Crippen LogP contribution >= 0.6 is 0 Å². The van der Waals surface area contributed by atoms with Crippen molar-refractivity contribution in [2.75, 3.05) is 4.72 Å². The van der Waals surface area contributed by atoms with Crippen molar-refractivity contribution in [1.29, 1.82) is 0 Å². The molecule has 0 bridgehead atoms. The molecule has 0 atom stereocenters. The van der Waals surface area contributed by atoms with E-state index in [0.29, 0.717) is 11.1 Å². The fourth-order valence-corrected chi connectivity index (χ4v) is 2.77. The minimum atomic E-state index is -4.12. The summed E-state index contributed by atoms with van der Waals surface area (Å²) >= 11 is 0. The molecule has 0 fully saturated rings. The van der Waals surface area contributed by atoms with Crippen LogP contribution in [0.5, 0.6) is 0 Å². The van der Waals surface area contributed by atoms with Gasteiger partial charge in [0.1, 0.15) is 6.33 Å². The lowest BCUT2D eigenvalue weighted by atomic mass is 10.1. The monoisotopic (exact) mass is 297 g/mol. The van der Waals surface area contributed by atoms with Crippen molar-refractivity contribution in [2.24, 2.45) is 0 Å². The lowest BCUT2D eigenvalue weighted by Gasteiger charge is -2.08. The van der Waals surface area contributed by atoms with Gasteiger partial charge in [-0.05, 0) is 31.0 Å². The number of aromatic amines is 1. The Morgan fingerprint density at radius 2 is 1.95 bits per heavy atom. The summed E-state index contributed by atoms with van der Waals surface area (Å²) in [6.07, 6.45) is 1.12. The Labute approximate surface area is 114 Å². The van der Waals surface area contributed by atoms with Crippen molar-refractivity contribution in [2.45, 2.75) is 18.7 Å². The van der Waals surface area contributed by atoms with Gasteiger partial charge in [-0.25, -0.2) is 18.2 Å². The molecule has 1 heterocycles. The second kappa shape index (κ2) is 4.89. The normalized spacial score (nSPS) is 11.3.